The molecule has 0 aliphatic heterocycles. The molecule has 0 saturated carbocycles. The van der Waals surface area contributed by atoms with Gasteiger partial charge in [-0.2, -0.15) is 0 Å². The Hall–Kier alpha value is -3.87. The molecular formula is C23H20N2O5. The van der Waals surface area contributed by atoms with Crippen molar-refractivity contribution < 1.29 is 13.6 Å². The van der Waals surface area contributed by atoms with E-state index in [9.17, 15) is 14.4 Å². The molecule has 4 aromatic rings. The minimum atomic E-state index is -0.803. The summed E-state index contributed by atoms with van der Waals surface area (Å²) >= 11 is 0. The Morgan fingerprint density at radius 2 is 1.17 bits per heavy atom. The van der Waals surface area contributed by atoms with Crippen LogP contribution in [0.15, 0.2) is 67.0 Å². The summed E-state index contributed by atoms with van der Waals surface area (Å²) in [6.07, 6.45) is 0. The molecule has 7 heteroatoms. The van der Waals surface area contributed by atoms with Gasteiger partial charge in [-0.15, -0.1) is 0 Å². The van der Waals surface area contributed by atoms with E-state index in [0.29, 0.717) is 21.9 Å². The summed E-state index contributed by atoms with van der Waals surface area (Å²) in [5.74, 6) is -0.729. The Morgan fingerprint density at radius 3 is 1.57 bits per heavy atom. The van der Waals surface area contributed by atoms with E-state index in [-0.39, 0.29) is 11.1 Å². The van der Waals surface area contributed by atoms with Gasteiger partial charge in [0.15, 0.2) is 0 Å². The molecule has 0 unspecified atom stereocenters. The summed E-state index contributed by atoms with van der Waals surface area (Å²) < 4.78 is 10.7. The van der Waals surface area contributed by atoms with Gasteiger partial charge in [-0.05, 0) is 50.2 Å². The standard InChI is InChI=1S/C23H20N2O5/c1-3-24-15-7-5-13-9-17(22(27)29-19(13)11-15)21(26)18-10-14-6-8-16(25-4-2)12-20(14)30-23(18)28/h5-12,24-25H,3-4H2,1-2H3. The fourth-order valence-corrected chi connectivity index (χ4v) is 3.31. The summed E-state index contributed by atoms with van der Waals surface area (Å²) in [7, 11) is 0. The lowest BCUT2D eigenvalue weighted by atomic mass is 10.0. The SMILES string of the molecule is CCNc1ccc2cc(C(=O)c3cc4ccc(NCC)cc4oc3=O)c(=O)oc2c1. The summed E-state index contributed by atoms with van der Waals surface area (Å²) in [6, 6.07) is 13.4. The molecular weight excluding hydrogens is 384 g/mol. The molecule has 7 nitrogen and oxygen atoms in total. The van der Waals surface area contributed by atoms with Crippen LogP contribution in [0.3, 0.4) is 0 Å². The third kappa shape index (κ3) is 3.57. The van der Waals surface area contributed by atoms with Crippen molar-refractivity contribution in [2.24, 2.45) is 0 Å². The summed E-state index contributed by atoms with van der Waals surface area (Å²) in [4.78, 5) is 37.9. The van der Waals surface area contributed by atoms with Crippen molar-refractivity contribution in [2.45, 2.75) is 13.8 Å². The second-order valence-corrected chi connectivity index (χ2v) is 6.79. The smallest absolute Gasteiger partial charge is 0.347 e. The molecule has 0 bridgehead atoms. The summed E-state index contributed by atoms with van der Waals surface area (Å²) in [6.45, 7) is 5.36. The van der Waals surface area contributed by atoms with E-state index in [1.165, 1.54) is 12.1 Å². The minimum Gasteiger partial charge on any atom is -0.422 e. The Labute approximate surface area is 171 Å². The molecule has 2 heterocycles. The molecule has 0 saturated heterocycles. The van der Waals surface area contributed by atoms with Gasteiger partial charge in [-0.3, -0.25) is 4.79 Å². The second-order valence-electron chi connectivity index (χ2n) is 6.79. The number of nitrogens with one attached hydrogen (secondary N) is 2. The molecule has 4 rings (SSSR count). The molecule has 152 valence electrons. The van der Waals surface area contributed by atoms with Crippen molar-refractivity contribution in [3.63, 3.8) is 0 Å². The van der Waals surface area contributed by atoms with Crippen LogP contribution in [0.25, 0.3) is 21.9 Å². The minimum absolute atomic E-state index is 0.213. The maximum Gasteiger partial charge on any atom is 0.347 e. The zero-order valence-corrected chi connectivity index (χ0v) is 16.6. The average Bonchev–Trinajstić information content (AvgIpc) is 2.72. The number of hydrogen-bond acceptors (Lipinski definition) is 7. The van der Waals surface area contributed by atoms with Crippen molar-refractivity contribution >= 4 is 39.1 Å². The molecule has 0 aliphatic rings. The van der Waals surface area contributed by atoms with Gasteiger partial charge >= 0.3 is 11.3 Å². The van der Waals surface area contributed by atoms with Crippen LogP contribution in [0.2, 0.25) is 0 Å². The predicted molar refractivity (Wildman–Crippen MR) is 117 cm³/mol. The van der Waals surface area contributed by atoms with Crippen molar-refractivity contribution in [1.29, 1.82) is 0 Å². The first-order valence-corrected chi connectivity index (χ1v) is 9.68. The van der Waals surface area contributed by atoms with Crippen LogP contribution < -0.4 is 21.9 Å². The molecule has 2 N–H and O–H groups in total. The number of carbonyl (C=O) groups excluding carboxylic acids is 1. The zero-order valence-electron chi connectivity index (χ0n) is 16.6. The molecule has 0 fully saturated rings. The van der Waals surface area contributed by atoms with Crippen LogP contribution in [0.4, 0.5) is 11.4 Å². The first kappa shape index (κ1) is 19.4. The van der Waals surface area contributed by atoms with Crippen LogP contribution in [0.5, 0.6) is 0 Å². The number of ketones is 1. The summed E-state index contributed by atoms with van der Waals surface area (Å²) in [5, 5.41) is 7.43. The predicted octanol–water partition coefficient (Wildman–Crippen LogP) is 3.99. The molecule has 30 heavy (non-hydrogen) atoms. The lowest BCUT2D eigenvalue weighted by Crippen LogP contribution is -2.20. The normalized spacial score (nSPS) is 11.0. The topological polar surface area (TPSA) is 102 Å². The molecule has 0 aliphatic carbocycles. The van der Waals surface area contributed by atoms with Gasteiger partial charge in [0.2, 0.25) is 5.78 Å². The molecule has 0 radical (unpaired) electrons. The van der Waals surface area contributed by atoms with Gasteiger partial charge in [0.25, 0.3) is 0 Å². The average molecular weight is 404 g/mol. The molecule has 0 atom stereocenters. The van der Waals surface area contributed by atoms with E-state index in [1.807, 2.05) is 26.0 Å². The molecule has 2 aromatic carbocycles. The van der Waals surface area contributed by atoms with E-state index in [1.54, 1.807) is 24.3 Å². The first-order valence-electron chi connectivity index (χ1n) is 9.68. The van der Waals surface area contributed by atoms with Crippen molar-refractivity contribution in [1.82, 2.24) is 0 Å². The van der Waals surface area contributed by atoms with Crippen molar-refractivity contribution in [3.8, 4) is 0 Å². The highest BCUT2D eigenvalue weighted by molar-refractivity contribution is 6.10. The van der Waals surface area contributed by atoms with Crippen LogP contribution in [-0.4, -0.2) is 18.9 Å². The fraction of sp³-hybridized carbons (Fsp3) is 0.174. The highest BCUT2D eigenvalue weighted by Crippen LogP contribution is 2.22. The van der Waals surface area contributed by atoms with Crippen LogP contribution in [0.1, 0.15) is 29.8 Å². The van der Waals surface area contributed by atoms with Gasteiger partial charge in [0.1, 0.15) is 22.3 Å². The van der Waals surface area contributed by atoms with E-state index < -0.39 is 17.0 Å². The van der Waals surface area contributed by atoms with E-state index in [2.05, 4.69) is 10.6 Å². The summed E-state index contributed by atoms with van der Waals surface area (Å²) in [5.41, 5.74) is 0.294. The number of carbonyl (C=O) groups is 1. The van der Waals surface area contributed by atoms with Crippen LogP contribution in [0, 0.1) is 0 Å². The maximum atomic E-state index is 13.0. The third-order valence-corrected chi connectivity index (χ3v) is 4.72. The number of anilines is 2. The Bertz CT molecular complexity index is 1280. The third-order valence-electron chi connectivity index (χ3n) is 4.72. The van der Waals surface area contributed by atoms with Crippen LogP contribution >= 0.6 is 0 Å². The van der Waals surface area contributed by atoms with Gasteiger partial charge in [0, 0.05) is 47.4 Å². The molecule has 0 amide bonds. The molecule has 2 aromatic heterocycles. The lowest BCUT2D eigenvalue weighted by molar-refractivity contribution is 0.103. The highest BCUT2D eigenvalue weighted by Gasteiger charge is 2.20. The van der Waals surface area contributed by atoms with Crippen molar-refractivity contribution in [3.05, 3.63) is 80.5 Å². The maximum absolute atomic E-state index is 13.0. The first-order chi connectivity index (χ1) is 14.5. The molecule has 0 spiro atoms. The zero-order chi connectivity index (χ0) is 21.3. The largest absolute Gasteiger partial charge is 0.422 e. The number of rotatable bonds is 6. The number of benzene rings is 2. The number of hydrogen-bond donors (Lipinski definition) is 2. The van der Waals surface area contributed by atoms with E-state index >= 15 is 0 Å². The van der Waals surface area contributed by atoms with Crippen molar-refractivity contribution in [2.75, 3.05) is 23.7 Å². The Balaban J connectivity index is 1.78. The Kier molecular flexibility index (Phi) is 5.10. The monoisotopic (exact) mass is 404 g/mol. The Morgan fingerprint density at radius 1 is 0.733 bits per heavy atom. The van der Waals surface area contributed by atoms with Gasteiger partial charge < -0.3 is 19.5 Å². The van der Waals surface area contributed by atoms with Gasteiger partial charge in [-0.1, -0.05) is 0 Å². The van der Waals surface area contributed by atoms with E-state index in [4.69, 9.17) is 8.83 Å². The highest BCUT2D eigenvalue weighted by atomic mass is 16.4. The van der Waals surface area contributed by atoms with Gasteiger partial charge in [-0.25, -0.2) is 9.59 Å². The van der Waals surface area contributed by atoms with Crippen LogP contribution in [-0.2, 0) is 0 Å². The quantitative estimate of drug-likeness (QED) is 0.370. The second kappa shape index (κ2) is 7.87. The number of fused-ring (bicyclic) bond motifs is 2. The lowest BCUT2D eigenvalue weighted by Gasteiger charge is -2.07. The van der Waals surface area contributed by atoms with E-state index in [0.717, 1.165) is 24.5 Å². The van der Waals surface area contributed by atoms with Gasteiger partial charge in [0.05, 0.1) is 0 Å². The fourth-order valence-electron chi connectivity index (χ4n) is 3.31.